The number of piperazine rings is 1. The summed E-state index contributed by atoms with van der Waals surface area (Å²) in [5.74, 6) is -0.157. The molecule has 272 valence electrons. The minimum absolute atomic E-state index is 0.0227. The molecule has 2 N–H and O–H groups in total. The minimum Gasteiger partial charge on any atom is -0.457 e. The number of aliphatic hydroxyl groups excluding tert-OH is 1. The average Bonchev–Trinajstić information content (AvgIpc) is 3.37. The number of amides is 1. The Balaban J connectivity index is 1.46. The van der Waals surface area contributed by atoms with E-state index in [4.69, 9.17) is 9.47 Å². The molecule has 2 aliphatic heterocycles. The van der Waals surface area contributed by atoms with Gasteiger partial charge in [-0.25, -0.2) is 14.8 Å². The van der Waals surface area contributed by atoms with Crippen molar-refractivity contribution >= 4 is 18.0 Å². The number of carbonyl (C=O) groups excluding carboxylic acids is 2. The zero-order chi connectivity index (χ0) is 35.6. The third kappa shape index (κ3) is 11.4. The Kier molecular flexibility index (Phi) is 14.2. The normalized spacial score (nSPS) is 30.1. The maximum atomic E-state index is 13.5. The van der Waals surface area contributed by atoms with Gasteiger partial charge in [-0.3, -0.25) is 9.69 Å². The third-order valence-corrected chi connectivity index (χ3v) is 10.2. The average molecular weight is 682 g/mol. The van der Waals surface area contributed by atoms with E-state index in [0.717, 1.165) is 24.4 Å². The molecular weight excluding hydrogens is 622 g/mol. The maximum absolute atomic E-state index is 13.5. The van der Waals surface area contributed by atoms with Crippen LogP contribution in [0.1, 0.15) is 97.1 Å². The summed E-state index contributed by atoms with van der Waals surface area (Å²) in [6, 6.07) is 2.49. The Morgan fingerprint density at radius 2 is 1.82 bits per heavy atom. The first-order valence-electron chi connectivity index (χ1n) is 18.2. The highest BCUT2D eigenvalue weighted by Crippen LogP contribution is 2.28. The Morgan fingerprint density at radius 3 is 2.49 bits per heavy atom. The fraction of sp³-hybridized carbons (Fsp3) is 0.684. The first kappa shape index (κ1) is 38.5. The number of ether oxygens (including phenoxy) is 2. The monoisotopic (exact) mass is 681 g/mol. The second-order valence-electron chi connectivity index (χ2n) is 14.6. The van der Waals surface area contributed by atoms with Crippen LogP contribution in [0.4, 0.5) is 10.7 Å². The molecule has 0 bridgehead atoms. The van der Waals surface area contributed by atoms with Crippen LogP contribution < -0.4 is 4.90 Å². The summed E-state index contributed by atoms with van der Waals surface area (Å²) in [7, 11) is 3.80. The van der Waals surface area contributed by atoms with Crippen LogP contribution in [0.3, 0.4) is 0 Å². The van der Waals surface area contributed by atoms with Gasteiger partial charge in [0.1, 0.15) is 11.7 Å². The molecule has 11 heteroatoms. The largest absolute Gasteiger partial charge is 0.457 e. The predicted molar refractivity (Wildman–Crippen MR) is 191 cm³/mol. The summed E-state index contributed by atoms with van der Waals surface area (Å²) in [5.41, 5.74) is 0.243. The molecule has 0 spiro atoms. The molecule has 1 saturated carbocycles. The molecule has 3 heterocycles. The van der Waals surface area contributed by atoms with Crippen molar-refractivity contribution in [3.63, 3.8) is 0 Å². The summed E-state index contributed by atoms with van der Waals surface area (Å²) >= 11 is 0. The van der Waals surface area contributed by atoms with E-state index in [-0.39, 0.29) is 31.1 Å². The number of aliphatic hydroxyl groups is 2. The van der Waals surface area contributed by atoms with Crippen LogP contribution in [0.5, 0.6) is 0 Å². The molecule has 1 aromatic heterocycles. The van der Waals surface area contributed by atoms with Crippen LogP contribution >= 0.6 is 0 Å². The third-order valence-electron chi connectivity index (χ3n) is 10.2. The van der Waals surface area contributed by atoms with Gasteiger partial charge in [-0.2, -0.15) is 0 Å². The Hall–Kier alpha value is -3.28. The lowest BCUT2D eigenvalue weighted by Gasteiger charge is -2.40. The molecule has 11 nitrogen and oxygen atoms in total. The highest BCUT2D eigenvalue weighted by molar-refractivity contribution is 5.70. The Morgan fingerprint density at radius 1 is 1.12 bits per heavy atom. The lowest BCUT2D eigenvalue weighted by Crippen LogP contribution is -2.53. The first-order valence-corrected chi connectivity index (χ1v) is 18.2. The van der Waals surface area contributed by atoms with E-state index in [1.54, 1.807) is 24.1 Å². The van der Waals surface area contributed by atoms with Crippen molar-refractivity contribution in [3.05, 3.63) is 53.9 Å². The van der Waals surface area contributed by atoms with Crippen LogP contribution in [0.25, 0.3) is 0 Å². The summed E-state index contributed by atoms with van der Waals surface area (Å²) in [4.78, 5) is 41.4. The van der Waals surface area contributed by atoms with Crippen molar-refractivity contribution in [2.24, 2.45) is 5.92 Å². The molecule has 1 aromatic rings. The number of aromatic nitrogens is 2. The fourth-order valence-electron chi connectivity index (χ4n) is 6.92. The summed E-state index contributed by atoms with van der Waals surface area (Å²) in [5, 5.41) is 22.2. The number of cyclic esters (lactones) is 1. The van der Waals surface area contributed by atoms with Crippen molar-refractivity contribution in [1.29, 1.82) is 0 Å². The molecule has 3 aliphatic rings. The van der Waals surface area contributed by atoms with Crippen LogP contribution in [-0.2, 0) is 14.3 Å². The molecule has 1 saturated heterocycles. The van der Waals surface area contributed by atoms with Crippen LogP contribution in [-0.4, -0.2) is 112 Å². The van der Waals surface area contributed by atoms with Gasteiger partial charge >= 0.3 is 12.1 Å². The van der Waals surface area contributed by atoms with Gasteiger partial charge in [0.15, 0.2) is 6.10 Å². The number of rotatable bonds is 7. The standard InChI is InChI=1S/C38H59N5O6/c1-27(32-19-21-39-36(40-32)41(5)6)12-11-13-28(2)35-29(3)16-17-33(38(4,47)20-18-31(44)26-34(45)49-35)48-37(46)43-24-22-42(23-25-43)30-14-9-7-8-10-15-30/h11-13,16-17,19,21,27,29-31,33,35,44,47H,7-10,14-15,18,20,22-26H2,1-6H3/b12-11+,17-16+,28-13+/t27?,29-,31+,33-,35+,38+/m0/s1. The molecule has 4 rings (SSSR count). The molecule has 0 radical (unpaired) electrons. The van der Waals surface area contributed by atoms with Crippen molar-refractivity contribution in [2.45, 2.75) is 121 Å². The summed E-state index contributed by atoms with van der Waals surface area (Å²) < 4.78 is 11.9. The number of allylic oxidation sites excluding steroid dienone is 3. The maximum Gasteiger partial charge on any atom is 0.410 e. The van der Waals surface area contributed by atoms with Crippen LogP contribution in [0.15, 0.2) is 48.2 Å². The van der Waals surface area contributed by atoms with Gasteiger partial charge in [-0.05, 0) is 57.2 Å². The lowest BCUT2D eigenvalue weighted by molar-refractivity contribution is -0.151. The number of hydrogen-bond acceptors (Lipinski definition) is 10. The minimum atomic E-state index is -1.45. The number of anilines is 1. The van der Waals surface area contributed by atoms with Gasteiger partial charge in [0.2, 0.25) is 5.95 Å². The van der Waals surface area contributed by atoms with Crippen molar-refractivity contribution in [3.8, 4) is 0 Å². The second kappa shape index (κ2) is 18.1. The highest BCUT2D eigenvalue weighted by Gasteiger charge is 2.37. The van der Waals surface area contributed by atoms with Crippen molar-refractivity contribution in [2.75, 3.05) is 45.2 Å². The fourth-order valence-corrected chi connectivity index (χ4v) is 6.92. The molecule has 49 heavy (non-hydrogen) atoms. The molecule has 1 aliphatic carbocycles. The zero-order valence-electron chi connectivity index (χ0n) is 30.5. The van der Waals surface area contributed by atoms with Crippen molar-refractivity contribution in [1.82, 2.24) is 19.8 Å². The lowest BCUT2D eigenvalue weighted by atomic mass is 9.88. The van der Waals surface area contributed by atoms with Gasteiger partial charge < -0.3 is 29.5 Å². The topological polar surface area (TPSA) is 129 Å². The van der Waals surface area contributed by atoms with Crippen LogP contribution in [0.2, 0.25) is 0 Å². The SMILES string of the molecule is C/C(=C\C=C\C(C)c1ccnc(N(C)C)n1)[C@H]1OC(=O)C[C@H](O)CC[C@@](C)(O)[C@@H](OC(=O)N2CCN(C3CCCCCC3)CC2)/C=C/[C@@H]1C. The van der Waals surface area contributed by atoms with Gasteiger partial charge in [0, 0.05) is 64.3 Å². The van der Waals surface area contributed by atoms with E-state index in [1.807, 2.05) is 63.2 Å². The van der Waals surface area contributed by atoms with Gasteiger partial charge in [0.25, 0.3) is 0 Å². The van der Waals surface area contributed by atoms with E-state index in [2.05, 4.69) is 21.8 Å². The van der Waals surface area contributed by atoms with E-state index < -0.39 is 36.0 Å². The first-order chi connectivity index (χ1) is 23.3. The molecule has 1 amide bonds. The molecule has 0 aromatic carbocycles. The molecule has 2 fully saturated rings. The Bertz CT molecular complexity index is 1310. The van der Waals surface area contributed by atoms with Crippen LogP contribution in [0, 0.1) is 5.92 Å². The second-order valence-corrected chi connectivity index (χ2v) is 14.6. The highest BCUT2D eigenvalue weighted by atomic mass is 16.6. The molecule has 6 atom stereocenters. The zero-order valence-corrected chi connectivity index (χ0v) is 30.5. The number of carbonyl (C=O) groups is 2. The smallest absolute Gasteiger partial charge is 0.410 e. The van der Waals surface area contributed by atoms with E-state index in [0.29, 0.717) is 25.1 Å². The van der Waals surface area contributed by atoms with E-state index >= 15 is 0 Å². The molecular formula is C38H59N5O6. The van der Waals surface area contributed by atoms with E-state index in [9.17, 15) is 19.8 Å². The van der Waals surface area contributed by atoms with E-state index in [1.165, 1.54) is 38.5 Å². The van der Waals surface area contributed by atoms with Gasteiger partial charge in [-0.1, -0.05) is 63.8 Å². The number of nitrogens with zero attached hydrogens (tertiary/aromatic N) is 5. The number of esters is 1. The van der Waals surface area contributed by atoms with Crippen molar-refractivity contribution < 1.29 is 29.3 Å². The van der Waals surface area contributed by atoms with Gasteiger partial charge in [0.05, 0.1) is 18.2 Å². The summed E-state index contributed by atoms with van der Waals surface area (Å²) in [6.45, 7) is 10.3. The number of hydrogen-bond donors (Lipinski definition) is 2. The van der Waals surface area contributed by atoms with Gasteiger partial charge in [-0.15, -0.1) is 0 Å². The molecule has 1 unspecified atom stereocenters. The summed E-state index contributed by atoms with van der Waals surface area (Å²) in [6.07, 6.45) is 15.9. The Labute approximate surface area is 293 Å². The predicted octanol–water partition coefficient (Wildman–Crippen LogP) is 5.39. The quantitative estimate of drug-likeness (QED) is 0.167.